The van der Waals surface area contributed by atoms with Gasteiger partial charge in [-0.1, -0.05) is 20.8 Å². The van der Waals surface area contributed by atoms with Crippen LogP contribution in [0.2, 0.25) is 0 Å². The van der Waals surface area contributed by atoms with Crippen LogP contribution in [0.4, 0.5) is 0 Å². The van der Waals surface area contributed by atoms with Gasteiger partial charge in [-0.2, -0.15) is 11.8 Å². The molecule has 0 saturated heterocycles. The Hall–Kier alpha value is 0.310. The second-order valence-electron chi connectivity index (χ2n) is 3.69. The zero-order valence-electron chi connectivity index (χ0n) is 8.24. The fourth-order valence-electron chi connectivity index (χ4n) is 0.726. The van der Waals surface area contributed by atoms with E-state index >= 15 is 0 Å². The highest BCUT2D eigenvalue weighted by atomic mass is 32.2. The van der Waals surface area contributed by atoms with Crippen LogP contribution in [-0.4, -0.2) is 25.1 Å². The summed E-state index contributed by atoms with van der Waals surface area (Å²) in [6, 6.07) is 0. The van der Waals surface area contributed by atoms with Crippen LogP contribution in [0.15, 0.2) is 0 Å². The molecule has 0 aliphatic carbocycles. The Bertz CT molecular complexity index is 91.6. The summed E-state index contributed by atoms with van der Waals surface area (Å²) in [5.74, 6) is 1.22. The van der Waals surface area contributed by atoms with Gasteiger partial charge in [-0.05, 0) is 18.1 Å². The van der Waals surface area contributed by atoms with Crippen LogP contribution >= 0.6 is 11.8 Å². The van der Waals surface area contributed by atoms with E-state index in [0.29, 0.717) is 5.41 Å². The number of hydrogen-bond donors (Lipinski definition) is 1. The van der Waals surface area contributed by atoms with Gasteiger partial charge in [0.25, 0.3) is 0 Å². The van der Waals surface area contributed by atoms with E-state index in [9.17, 15) is 0 Å². The van der Waals surface area contributed by atoms with Gasteiger partial charge in [-0.15, -0.1) is 0 Å². The van der Waals surface area contributed by atoms with Crippen molar-refractivity contribution < 1.29 is 0 Å². The van der Waals surface area contributed by atoms with Crippen molar-refractivity contribution >= 4 is 11.8 Å². The topological polar surface area (TPSA) is 12.0 Å². The molecule has 0 atom stereocenters. The second-order valence-corrected chi connectivity index (χ2v) is 4.67. The average molecular weight is 175 g/mol. The molecule has 0 spiro atoms. The minimum Gasteiger partial charge on any atom is -0.315 e. The summed E-state index contributed by atoms with van der Waals surface area (Å²) >= 11 is 1.90. The molecule has 1 N–H and O–H groups in total. The molecule has 0 aromatic rings. The zero-order valence-corrected chi connectivity index (χ0v) is 9.05. The lowest BCUT2D eigenvalue weighted by Crippen LogP contribution is -2.30. The van der Waals surface area contributed by atoms with Gasteiger partial charge >= 0.3 is 0 Å². The van der Waals surface area contributed by atoms with E-state index in [2.05, 4.69) is 32.3 Å². The Labute approximate surface area is 75.3 Å². The van der Waals surface area contributed by atoms with Gasteiger partial charge in [0.1, 0.15) is 0 Å². The van der Waals surface area contributed by atoms with Gasteiger partial charge in [0, 0.05) is 18.8 Å². The first-order valence-corrected chi connectivity index (χ1v) is 5.71. The van der Waals surface area contributed by atoms with Crippen molar-refractivity contribution in [2.45, 2.75) is 27.2 Å². The van der Waals surface area contributed by atoms with Crippen molar-refractivity contribution in [3.05, 3.63) is 0 Å². The lowest BCUT2D eigenvalue weighted by molar-refractivity contribution is 0.332. The third-order valence-corrected chi connectivity index (χ3v) is 2.66. The fourth-order valence-corrected chi connectivity index (χ4v) is 1.07. The highest BCUT2D eigenvalue weighted by Gasteiger charge is 2.13. The molecule has 11 heavy (non-hydrogen) atoms. The van der Waals surface area contributed by atoms with Crippen LogP contribution in [0.3, 0.4) is 0 Å². The summed E-state index contributed by atoms with van der Waals surface area (Å²) in [6.45, 7) is 9.14. The Morgan fingerprint density at radius 3 is 2.45 bits per heavy atom. The predicted molar refractivity (Wildman–Crippen MR) is 55.3 cm³/mol. The Kier molecular flexibility index (Phi) is 6.06. The summed E-state index contributed by atoms with van der Waals surface area (Å²) in [4.78, 5) is 0. The molecular weight excluding hydrogens is 154 g/mol. The summed E-state index contributed by atoms with van der Waals surface area (Å²) in [5.41, 5.74) is 0.471. The van der Waals surface area contributed by atoms with E-state index in [-0.39, 0.29) is 0 Å². The molecular formula is C9H21NS. The highest BCUT2D eigenvalue weighted by molar-refractivity contribution is 7.98. The lowest BCUT2D eigenvalue weighted by Gasteiger charge is -2.22. The van der Waals surface area contributed by atoms with Crippen molar-refractivity contribution in [1.29, 1.82) is 0 Å². The van der Waals surface area contributed by atoms with Crippen LogP contribution in [0.1, 0.15) is 27.2 Å². The lowest BCUT2D eigenvalue weighted by atomic mass is 9.90. The summed E-state index contributed by atoms with van der Waals surface area (Å²) < 4.78 is 0. The number of rotatable bonds is 6. The van der Waals surface area contributed by atoms with E-state index in [0.717, 1.165) is 13.1 Å². The third kappa shape index (κ3) is 6.70. The first kappa shape index (κ1) is 11.3. The molecule has 0 bridgehead atoms. The van der Waals surface area contributed by atoms with Gasteiger partial charge in [0.15, 0.2) is 0 Å². The molecule has 0 fully saturated rings. The standard InChI is InChI=1S/C9H21NS/c1-5-9(2,3)8-10-6-7-11-4/h10H,5-8H2,1-4H3. The van der Waals surface area contributed by atoms with Gasteiger partial charge in [0.2, 0.25) is 0 Å². The maximum Gasteiger partial charge on any atom is 0.00553 e. The Balaban J connectivity index is 3.23. The molecule has 0 heterocycles. The predicted octanol–water partition coefficient (Wildman–Crippen LogP) is 2.38. The van der Waals surface area contributed by atoms with Gasteiger partial charge < -0.3 is 5.32 Å². The maximum atomic E-state index is 3.46. The molecule has 1 nitrogen and oxygen atoms in total. The minimum atomic E-state index is 0.471. The van der Waals surface area contributed by atoms with E-state index in [1.807, 2.05) is 11.8 Å². The van der Waals surface area contributed by atoms with E-state index in [1.165, 1.54) is 12.2 Å². The van der Waals surface area contributed by atoms with Crippen molar-refractivity contribution in [3.63, 3.8) is 0 Å². The molecule has 0 aromatic carbocycles. The summed E-state index contributed by atoms with van der Waals surface area (Å²) in [6.07, 6.45) is 3.39. The van der Waals surface area contributed by atoms with Crippen LogP contribution < -0.4 is 5.32 Å². The quantitative estimate of drug-likeness (QED) is 0.622. The van der Waals surface area contributed by atoms with Crippen LogP contribution in [-0.2, 0) is 0 Å². The summed E-state index contributed by atoms with van der Waals surface area (Å²) in [5, 5.41) is 3.46. The van der Waals surface area contributed by atoms with Gasteiger partial charge in [0.05, 0.1) is 0 Å². The van der Waals surface area contributed by atoms with Crippen molar-refractivity contribution in [2.24, 2.45) is 5.41 Å². The SMILES string of the molecule is CCC(C)(C)CNCCSC. The van der Waals surface area contributed by atoms with Crippen LogP contribution in [0.25, 0.3) is 0 Å². The second kappa shape index (κ2) is 5.90. The monoisotopic (exact) mass is 175 g/mol. The van der Waals surface area contributed by atoms with Gasteiger partial charge in [-0.25, -0.2) is 0 Å². The fraction of sp³-hybridized carbons (Fsp3) is 1.00. The smallest absolute Gasteiger partial charge is 0.00553 e. The van der Waals surface area contributed by atoms with E-state index in [4.69, 9.17) is 0 Å². The Morgan fingerprint density at radius 1 is 1.36 bits per heavy atom. The van der Waals surface area contributed by atoms with E-state index in [1.54, 1.807) is 0 Å². The van der Waals surface area contributed by atoms with Crippen molar-refractivity contribution in [2.75, 3.05) is 25.1 Å². The van der Waals surface area contributed by atoms with E-state index < -0.39 is 0 Å². The maximum absolute atomic E-state index is 3.46. The molecule has 0 unspecified atom stereocenters. The molecule has 0 aromatic heterocycles. The molecule has 0 aliphatic rings. The zero-order chi connectivity index (χ0) is 8.74. The highest BCUT2D eigenvalue weighted by Crippen LogP contribution is 2.17. The molecule has 2 heteroatoms. The molecule has 0 rings (SSSR count). The molecule has 0 aliphatic heterocycles. The third-order valence-electron chi connectivity index (χ3n) is 2.04. The first-order chi connectivity index (χ1) is 5.12. The molecule has 68 valence electrons. The minimum absolute atomic E-state index is 0.471. The van der Waals surface area contributed by atoms with Crippen LogP contribution in [0, 0.1) is 5.41 Å². The molecule has 0 saturated carbocycles. The van der Waals surface area contributed by atoms with Crippen molar-refractivity contribution in [3.8, 4) is 0 Å². The Morgan fingerprint density at radius 2 is 2.00 bits per heavy atom. The molecule has 0 radical (unpaired) electrons. The first-order valence-electron chi connectivity index (χ1n) is 4.32. The number of nitrogens with one attached hydrogen (secondary N) is 1. The summed E-state index contributed by atoms with van der Waals surface area (Å²) in [7, 11) is 0. The normalized spacial score (nSPS) is 12.0. The number of thioether (sulfide) groups is 1. The average Bonchev–Trinajstić information content (AvgIpc) is 1.99. The van der Waals surface area contributed by atoms with Crippen LogP contribution in [0.5, 0.6) is 0 Å². The molecule has 0 amide bonds. The largest absolute Gasteiger partial charge is 0.315 e. The van der Waals surface area contributed by atoms with Gasteiger partial charge in [-0.3, -0.25) is 0 Å². The van der Waals surface area contributed by atoms with Crippen molar-refractivity contribution in [1.82, 2.24) is 5.32 Å². The number of hydrogen-bond acceptors (Lipinski definition) is 2.